The molecule has 1 amide bonds. The fourth-order valence-corrected chi connectivity index (χ4v) is 2.74. The van der Waals surface area contributed by atoms with E-state index in [4.69, 9.17) is 15.6 Å². The number of likely N-dealkylation sites (N-methyl/N-ethyl adjacent to an activating group) is 1. The van der Waals surface area contributed by atoms with Crippen LogP contribution in [0.3, 0.4) is 0 Å². The molecule has 3 aliphatic rings. The molecule has 1 saturated heterocycles. The number of hydrogen-bond donors (Lipinski definition) is 4. The number of aliphatic hydroxyl groups excluding tert-OH is 2. The summed E-state index contributed by atoms with van der Waals surface area (Å²) in [5.74, 6) is 0.439. The highest BCUT2D eigenvalue weighted by Crippen LogP contribution is 2.32. The minimum atomic E-state index is -0.730. The molecule has 3 atom stereocenters. The Morgan fingerprint density at radius 3 is 3.00 bits per heavy atom. The summed E-state index contributed by atoms with van der Waals surface area (Å²) in [4.78, 5) is 19.7. The summed E-state index contributed by atoms with van der Waals surface area (Å²) in [6.07, 6.45) is -1.42. The summed E-state index contributed by atoms with van der Waals surface area (Å²) in [5.41, 5.74) is 6.11. The van der Waals surface area contributed by atoms with Crippen molar-refractivity contribution in [2.45, 2.75) is 24.9 Å². The van der Waals surface area contributed by atoms with Crippen molar-refractivity contribution in [2.75, 3.05) is 20.3 Å². The van der Waals surface area contributed by atoms with Gasteiger partial charge in [0.2, 0.25) is 0 Å². The van der Waals surface area contributed by atoms with Crippen LogP contribution in [0.2, 0.25) is 0 Å². The SMILES string of the molecule is CN1CN([C@H]2C[C@H](O)[C@@H](CO)O2)C2=C1C(=O)[NH2+]C(N)=N2. The fraction of sp³-hybridized carbons (Fsp3) is 0.636. The van der Waals surface area contributed by atoms with Crippen molar-refractivity contribution in [1.29, 1.82) is 0 Å². The number of ether oxygens (including phenoxy) is 1. The van der Waals surface area contributed by atoms with Crippen molar-refractivity contribution in [2.24, 2.45) is 10.7 Å². The molecule has 1 fully saturated rings. The first kappa shape index (κ1) is 13.3. The molecular weight excluding hydrogens is 266 g/mol. The molecule has 3 rings (SSSR count). The molecule has 9 heteroatoms. The number of carbonyl (C=O) groups excluding carboxylic acids is 1. The third kappa shape index (κ3) is 1.95. The van der Waals surface area contributed by atoms with E-state index in [1.165, 1.54) is 5.32 Å². The second kappa shape index (κ2) is 4.70. The molecule has 0 spiro atoms. The number of primary amides is 1. The number of carbonyl (C=O) groups is 1. The first-order valence-corrected chi connectivity index (χ1v) is 6.41. The molecule has 20 heavy (non-hydrogen) atoms. The van der Waals surface area contributed by atoms with Gasteiger partial charge in [0.25, 0.3) is 0 Å². The predicted octanol–water partition coefficient (Wildman–Crippen LogP) is -3.75. The average Bonchev–Trinajstić information content (AvgIpc) is 2.90. The van der Waals surface area contributed by atoms with Crippen molar-refractivity contribution in [3.8, 4) is 0 Å². The Morgan fingerprint density at radius 2 is 2.35 bits per heavy atom. The molecule has 0 bridgehead atoms. The van der Waals surface area contributed by atoms with Gasteiger partial charge in [-0.3, -0.25) is 0 Å². The molecular formula is C11H18N5O4+. The zero-order valence-electron chi connectivity index (χ0n) is 11.1. The largest absolute Gasteiger partial charge is 0.394 e. The zero-order valence-corrected chi connectivity index (χ0v) is 11.1. The molecule has 0 saturated carbocycles. The smallest absolute Gasteiger partial charge is 0.370 e. The zero-order chi connectivity index (χ0) is 14.4. The van der Waals surface area contributed by atoms with Gasteiger partial charge in [-0.15, -0.1) is 0 Å². The molecule has 6 N–H and O–H groups in total. The van der Waals surface area contributed by atoms with Crippen LogP contribution in [-0.4, -0.2) is 70.6 Å². The average molecular weight is 284 g/mol. The van der Waals surface area contributed by atoms with E-state index in [9.17, 15) is 9.90 Å². The van der Waals surface area contributed by atoms with Crippen molar-refractivity contribution in [1.82, 2.24) is 9.80 Å². The van der Waals surface area contributed by atoms with Gasteiger partial charge in [-0.05, 0) is 0 Å². The third-order valence-corrected chi connectivity index (χ3v) is 3.71. The number of guanidine groups is 1. The molecule has 0 aromatic carbocycles. The lowest BCUT2D eigenvalue weighted by molar-refractivity contribution is -0.452. The standard InChI is InChI=1S/C11H17N5O4/c1-15-4-16(7-2-5(18)6(3-17)20-7)9-8(15)10(19)14-11(12)13-9/h5-7,17-18H,2-4H2,1H3,(H3,12,13,14,19)/p+1/t5-,6+,7+/m0/s1. The molecule has 0 aromatic heterocycles. The predicted molar refractivity (Wildman–Crippen MR) is 66.4 cm³/mol. The summed E-state index contributed by atoms with van der Waals surface area (Å²) < 4.78 is 5.61. The maximum atomic E-state index is 12.0. The molecule has 9 nitrogen and oxygen atoms in total. The van der Waals surface area contributed by atoms with E-state index in [0.717, 1.165) is 0 Å². The van der Waals surface area contributed by atoms with E-state index in [2.05, 4.69) is 4.99 Å². The third-order valence-electron chi connectivity index (χ3n) is 3.71. The number of quaternary nitrogens is 1. The molecule has 110 valence electrons. The topological polar surface area (TPSA) is 128 Å². The van der Waals surface area contributed by atoms with E-state index in [1.807, 2.05) is 0 Å². The van der Waals surface area contributed by atoms with E-state index >= 15 is 0 Å². The summed E-state index contributed by atoms with van der Waals surface area (Å²) in [6, 6.07) is 0. The second-order valence-electron chi connectivity index (χ2n) is 5.14. The number of aliphatic imine (C=N–C) groups is 1. The van der Waals surface area contributed by atoms with Crippen LogP contribution in [0.1, 0.15) is 6.42 Å². The summed E-state index contributed by atoms with van der Waals surface area (Å²) in [7, 11) is 1.78. The van der Waals surface area contributed by atoms with Crippen LogP contribution in [0.25, 0.3) is 0 Å². The summed E-state index contributed by atoms with van der Waals surface area (Å²) in [6.45, 7) is 0.182. The van der Waals surface area contributed by atoms with Crippen LogP contribution < -0.4 is 11.1 Å². The van der Waals surface area contributed by atoms with Gasteiger partial charge in [-0.2, -0.15) is 4.99 Å². The van der Waals surface area contributed by atoms with Gasteiger partial charge in [-0.1, -0.05) is 0 Å². The highest BCUT2D eigenvalue weighted by atomic mass is 16.5. The Kier molecular flexibility index (Phi) is 3.13. The lowest BCUT2D eigenvalue weighted by atomic mass is 10.2. The maximum absolute atomic E-state index is 12.0. The van der Waals surface area contributed by atoms with Gasteiger partial charge in [0, 0.05) is 13.5 Å². The van der Waals surface area contributed by atoms with Crippen LogP contribution in [-0.2, 0) is 9.53 Å². The Balaban J connectivity index is 1.87. The lowest BCUT2D eigenvalue weighted by Crippen LogP contribution is -2.95. The molecule has 0 unspecified atom stereocenters. The van der Waals surface area contributed by atoms with Crippen LogP contribution in [0, 0.1) is 0 Å². The number of rotatable bonds is 2. The summed E-state index contributed by atoms with van der Waals surface area (Å²) >= 11 is 0. The molecule has 0 aromatic rings. The Labute approximate surface area is 115 Å². The van der Waals surface area contributed by atoms with Crippen molar-refractivity contribution in [3.05, 3.63) is 11.5 Å². The van der Waals surface area contributed by atoms with Crippen molar-refractivity contribution >= 4 is 11.9 Å². The van der Waals surface area contributed by atoms with Gasteiger partial charge >= 0.3 is 11.9 Å². The van der Waals surface area contributed by atoms with Crippen LogP contribution in [0.15, 0.2) is 16.5 Å². The van der Waals surface area contributed by atoms with Gasteiger partial charge in [0.05, 0.1) is 19.4 Å². The number of aliphatic hydroxyl groups is 2. The quantitative estimate of drug-likeness (QED) is 0.410. The van der Waals surface area contributed by atoms with Crippen LogP contribution in [0.5, 0.6) is 0 Å². The fourth-order valence-electron chi connectivity index (χ4n) is 2.74. The van der Waals surface area contributed by atoms with Gasteiger partial charge in [0.15, 0.2) is 11.5 Å². The normalized spacial score (nSPS) is 33.9. The molecule has 0 aliphatic carbocycles. The molecule has 0 radical (unpaired) electrons. The van der Waals surface area contributed by atoms with Gasteiger partial charge < -0.3 is 30.5 Å². The minimum Gasteiger partial charge on any atom is -0.394 e. The van der Waals surface area contributed by atoms with E-state index in [-0.39, 0.29) is 18.5 Å². The molecule has 3 aliphatic heterocycles. The van der Waals surface area contributed by atoms with Crippen molar-refractivity contribution in [3.63, 3.8) is 0 Å². The van der Waals surface area contributed by atoms with E-state index < -0.39 is 18.4 Å². The second-order valence-corrected chi connectivity index (χ2v) is 5.14. The van der Waals surface area contributed by atoms with Gasteiger partial charge in [0.1, 0.15) is 12.3 Å². The maximum Gasteiger partial charge on any atom is 0.370 e. The first-order chi connectivity index (χ1) is 9.51. The minimum absolute atomic E-state index is 0.159. The highest BCUT2D eigenvalue weighted by Gasteiger charge is 2.45. The van der Waals surface area contributed by atoms with Crippen LogP contribution in [0.4, 0.5) is 0 Å². The Hall–Kier alpha value is -1.68. The monoisotopic (exact) mass is 284 g/mol. The Morgan fingerprint density at radius 1 is 1.60 bits per heavy atom. The number of nitrogens with two attached hydrogens (primary N) is 2. The number of hydrogen-bond acceptors (Lipinski definition) is 8. The van der Waals surface area contributed by atoms with E-state index in [0.29, 0.717) is 24.6 Å². The summed E-state index contributed by atoms with van der Waals surface area (Å²) in [5, 5.41) is 20.2. The lowest BCUT2D eigenvalue weighted by Gasteiger charge is -2.26. The van der Waals surface area contributed by atoms with Crippen LogP contribution >= 0.6 is 0 Å². The number of nitrogens with zero attached hydrogens (tertiary/aromatic N) is 3. The van der Waals surface area contributed by atoms with E-state index in [1.54, 1.807) is 16.8 Å². The Bertz CT molecular complexity index is 505. The van der Waals surface area contributed by atoms with Gasteiger partial charge in [-0.25, -0.2) is 10.1 Å². The van der Waals surface area contributed by atoms with Crippen molar-refractivity contribution < 1.29 is 25.1 Å². The molecule has 3 heterocycles. The number of amides is 1. The highest BCUT2D eigenvalue weighted by molar-refractivity contribution is 5.94. The first-order valence-electron chi connectivity index (χ1n) is 6.41.